The fourth-order valence-electron chi connectivity index (χ4n) is 7.52. The summed E-state index contributed by atoms with van der Waals surface area (Å²) in [5, 5.41) is 0. The molecular weight excluding hydrogens is 416 g/mol. The zero-order chi connectivity index (χ0) is 24.4. The van der Waals surface area contributed by atoms with Gasteiger partial charge in [0.15, 0.2) is 0 Å². The Morgan fingerprint density at radius 1 is 0.727 bits per heavy atom. The molecule has 184 valence electrons. The zero-order valence-electron chi connectivity index (χ0n) is 21.4. The lowest BCUT2D eigenvalue weighted by Crippen LogP contribution is -2.29. The van der Waals surface area contributed by atoms with Crippen LogP contribution in [0.15, 0.2) is 24.3 Å². The number of carbonyl (C=O) groups excluding carboxylic acids is 2. The molecule has 0 aromatic rings. The first kappa shape index (κ1) is 24.5. The third-order valence-corrected chi connectivity index (χ3v) is 10.8. The van der Waals surface area contributed by atoms with Crippen molar-refractivity contribution < 1.29 is 23.8 Å². The summed E-state index contributed by atoms with van der Waals surface area (Å²) in [5.74, 6) is -0.0178. The first-order valence-electron chi connectivity index (χ1n) is 12.6. The normalized spacial score (nSPS) is 39.5. The predicted octanol–water partition coefficient (Wildman–Crippen LogP) is 5.63. The second-order valence-corrected chi connectivity index (χ2v) is 12.9. The van der Waals surface area contributed by atoms with Crippen LogP contribution in [-0.4, -0.2) is 37.4 Å². The Morgan fingerprint density at radius 3 is 1.36 bits per heavy atom. The number of esters is 2. The minimum Gasteiger partial charge on any atom is -0.459 e. The van der Waals surface area contributed by atoms with E-state index in [4.69, 9.17) is 14.2 Å². The molecule has 6 unspecified atom stereocenters. The highest BCUT2D eigenvalue weighted by atomic mass is 16.6. The SMILES string of the molecule is C=C(COCC(=C)C(=O)OC1CC2(C)CCC1C2(C)C)C(=O)OC1CC2(C)CCC1C2(C)C. The van der Waals surface area contributed by atoms with Gasteiger partial charge in [-0.25, -0.2) is 9.59 Å². The summed E-state index contributed by atoms with van der Waals surface area (Å²) in [6.07, 6.45) is 6.30. The highest BCUT2D eigenvalue weighted by Crippen LogP contribution is 2.67. The smallest absolute Gasteiger partial charge is 0.336 e. The van der Waals surface area contributed by atoms with Crippen molar-refractivity contribution >= 4 is 11.9 Å². The van der Waals surface area contributed by atoms with Gasteiger partial charge >= 0.3 is 11.9 Å². The van der Waals surface area contributed by atoms with Crippen molar-refractivity contribution in [2.75, 3.05) is 13.2 Å². The average Bonchev–Trinajstić information content (AvgIpc) is 3.23. The molecule has 6 atom stereocenters. The van der Waals surface area contributed by atoms with E-state index in [9.17, 15) is 9.59 Å². The van der Waals surface area contributed by atoms with Crippen LogP contribution in [0, 0.1) is 33.5 Å². The molecule has 0 heterocycles. The Balaban J connectivity index is 1.20. The maximum Gasteiger partial charge on any atom is 0.336 e. The van der Waals surface area contributed by atoms with Gasteiger partial charge in [0, 0.05) is 11.8 Å². The quantitative estimate of drug-likeness (QED) is 0.348. The van der Waals surface area contributed by atoms with E-state index in [1.54, 1.807) is 0 Å². The van der Waals surface area contributed by atoms with Gasteiger partial charge in [-0.1, -0.05) is 54.7 Å². The third-order valence-electron chi connectivity index (χ3n) is 10.8. The summed E-state index contributed by atoms with van der Waals surface area (Å²) in [7, 11) is 0. The molecule has 0 spiro atoms. The molecule has 0 saturated heterocycles. The molecule has 4 rings (SSSR count). The first-order valence-corrected chi connectivity index (χ1v) is 12.6. The highest BCUT2D eigenvalue weighted by Gasteiger charge is 2.62. The van der Waals surface area contributed by atoms with Gasteiger partial charge in [-0.15, -0.1) is 0 Å². The zero-order valence-corrected chi connectivity index (χ0v) is 21.4. The van der Waals surface area contributed by atoms with Gasteiger partial charge in [-0.3, -0.25) is 0 Å². The van der Waals surface area contributed by atoms with Crippen LogP contribution in [0.5, 0.6) is 0 Å². The van der Waals surface area contributed by atoms with Crippen LogP contribution >= 0.6 is 0 Å². The van der Waals surface area contributed by atoms with Crippen LogP contribution in [0.2, 0.25) is 0 Å². The molecule has 0 radical (unpaired) electrons. The standard InChI is InChI=1S/C28H42O5/c1-17(23(29)32-21-13-27(7)11-9-19(21)25(27,3)4)15-31-16-18(2)24(30)33-22-14-28(8)12-10-20(22)26(28,5)6/h19-22H,1-2,9-16H2,3-8H3. The van der Waals surface area contributed by atoms with E-state index in [-0.39, 0.29) is 58.2 Å². The molecular formula is C28H42O5. The van der Waals surface area contributed by atoms with Crippen LogP contribution < -0.4 is 0 Å². The minimum atomic E-state index is -0.405. The van der Waals surface area contributed by atoms with Crippen molar-refractivity contribution in [3.8, 4) is 0 Å². The van der Waals surface area contributed by atoms with Gasteiger partial charge in [-0.2, -0.15) is 0 Å². The molecule has 4 aliphatic rings. The molecule has 4 aliphatic carbocycles. The van der Waals surface area contributed by atoms with Crippen LogP contribution in [0.3, 0.4) is 0 Å². The first-order chi connectivity index (χ1) is 15.2. The van der Waals surface area contributed by atoms with Gasteiger partial charge in [0.05, 0.1) is 24.4 Å². The van der Waals surface area contributed by atoms with Gasteiger partial charge in [0.2, 0.25) is 0 Å². The maximum atomic E-state index is 12.6. The Labute approximate surface area is 199 Å². The molecule has 0 N–H and O–H groups in total. The molecule has 4 bridgehead atoms. The topological polar surface area (TPSA) is 61.8 Å². The maximum absolute atomic E-state index is 12.6. The van der Waals surface area contributed by atoms with E-state index in [1.165, 1.54) is 12.8 Å². The van der Waals surface area contributed by atoms with Crippen molar-refractivity contribution in [1.29, 1.82) is 0 Å². The number of hydrogen-bond donors (Lipinski definition) is 0. The molecule has 4 saturated carbocycles. The van der Waals surface area contributed by atoms with E-state index >= 15 is 0 Å². The number of rotatable bonds is 8. The van der Waals surface area contributed by atoms with Gasteiger partial charge < -0.3 is 14.2 Å². The summed E-state index contributed by atoms with van der Waals surface area (Å²) < 4.78 is 17.2. The minimum absolute atomic E-state index is 0.0142. The van der Waals surface area contributed by atoms with Crippen LogP contribution in [-0.2, 0) is 23.8 Å². The van der Waals surface area contributed by atoms with E-state index in [0.29, 0.717) is 11.8 Å². The number of hydrogen-bond acceptors (Lipinski definition) is 5. The molecule has 4 fully saturated rings. The van der Waals surface area contributed by atoms with Crippen LogP contribution in [0.4, 0.5) is 0 Å². The van der Waals surface area contributed by atoms with E-state index in [1.807, 2.05) is 0 Å². The van der Waals surface area contributed by atoms with Gasteiger partial charge in [0.1, 0.15) is 12.2 Å². The van der Waals surface area contributed by atoms with Gasteiger partial charge in [0.25, 0.3) is 0 Å². The second kappa shape index (κ2) is 7.96. The summed E-state index contributed by atoms with van der Waals surface area (Å²) in [5.41, 5.74) is 1.35. The number of fused-ring (bicyclic) bond motifs is 4. The van der Waals surface area contributed by atoms with Crippen LogP contribution in [0.1, 0.15) is 80.1 Å². The van der Waals surface area contributed by atoms with E-state index in [2.05, 4.69) is 54.7 Å². The fraction of sp³-hybridized carbons (Fsp3) is 0.786. The monoisotopic (exact) mass is 458 g/mol. The largest absolute Gasteiger partial charge is 0.459 e. The molecule has 33 heavy (non-hydrogen) atoms. The Bertz CT molecular complexity index is 794. The summed E-state index contributed by atoms with van der Waals surface area (Å²) in [6, 6.07) is 0. The van der Waals surface area contributed by atoms with Crippen molar-refractivity contribution in [2.45, 2.75) is 92.3 Å². The average molecular weight is 459 g/mol. The lowest BCUT2D eigenvalue weighted by Gasteiger charge is -2.33. The summed E-state index contributed by atoms with van der Waals surface area (Å²) >= 11 is 0. The number of carbonyl (C=O) groups is 2. The summed E-state index contributed by atoms with van der Waals surface area (Å²) in [4.78, 5) is 25.2. The lowest BCUT2D eigenvalue weighted by molar-refractivity contribution is -0.148. The van der Waals surface area contributed by atoms with E-state index in [0.717, 1.165) is 25.7 Å². The summed E-state index contributed by atoms with van der Waals surface area (Å²) in [6.45, 7) is 21.5. The van der Waals surface area contributed by atoms with Crippen molar-refractivity contribution in [3.63, 3.8) is 0 Å². The Kier molecular flexibility index (Phi) is 5.91. The molecule has 0 amide bonds. The van der Waals surface area contributed by atoms with Crippen molar-refractivity contribution in [2.24, 2.45) is 33.5 Å². The van der Waals surface area contributed by atoms with Crippen molar-refractivity contribution in [1.82, 2.24) is 0 Å². The Morgan fingerprint density at radius 2 is 1.09 bits per heavy atom. The highest BCUT2D eigenvalue weighted by molar-refractivity contribution is 5.89. The van der Waals surface area contributed by atoms with Crippen LogP contribution in [0.25, 0.3) is 0 Å². The Hall–Kier alpha value is -1.62. The molecule has 0 aliphatic heterocycles. The molecule has 5 heteroatoms. The van der Waals surface area contributed by atoms with E-state index < -0.39 is 11.9 Å². The molecule has 0 aromatic heterocycles. The number of ether oxygens (including phenoxy) is 3. The van der Waals surface area contributed by atoms with Gasteiger partial charge in [-0.05, 0) is 60.2 Å². The second-order valence-electron chi connectivity index (χ2n) is 12.9. The lowest BCUT2D eigenvalue weighted by atomic mass is 9.71. The van der Waals surface area contributed by atoms with Crippen molar-refractivity contribution in [3.05, 3.63) is 24.3 Å². The molecule has 5 nitrogen and oxygen atoms in total. The fourth-order valence-corrected chi connectivity index (χ4v) is 7.52. The third kappa shape index (κ3) is 3.79. The molecule has 0 aromatic carbocycles. The predicted molar refractivity (Wildman–Crippen MR) is 127 cm³/mol.